The van der Waals surface area contributed by atoms with Crippen LogP contribution in [-0.2, 0) is 10.2 Å². The third-order valence-electron chi connectivity index (χ3n) is 5.21. The molecular weight excluding hydrogens is 276 g/mol. The molecule has 3 rings (SSSR count). The molecule has 1 N–H and O–H groups in total. The van der Waals surface area contributed by atoms with Crippen molar-refractivity contribution in [3.8, 4) is 0 Å². The molecule has 120 valence electrons. The van der Waals surface area contributed by atoms with Gasteiger partial charge < -0.3 is 10.0 Å². The summed E-state index contributed by atoms with van der Waals surface area (Å²) in [4.78, 5) is 15.5. The van der Waals surface area contributed by atoms with Crippen LogP contribution in [0.15, 0.2) is 24.3 Å². The average Bonchev–Trinajstić information content (AvgIpc) is 2.77. The fraction of sp³-hybridized carbons (Fsp3) is 0.611. The summed E-state index contributed by atoms with van der Waals surface area (Å²) in [5, 5.41) is 8.98. The van der Waals surface area contributed by atoms with Gasteiger partial charge in [0.25, 0.3) is 0 Å². The lowest BCUT2D eigenvalue weighted by Gasteiger charge is -2.41. The van der Waals surface area contributed by atoms with E-state index in [0.717, 1.165) is 32.5 Å². The van der Waals surface area contributed by atoms with E-state index >= 15 is 0 Å². The van der Waals surface area contributed by atoms with Crippen molar-refractivity contribution in [1.82, 2.24) is 4.90 Å². The molecule has 0 radical (unpaired) electrons. The lowest BCUT2D eigenvalue weighted by atomic mass is 9.74. The first-order valence-electron chi connectivity index (χ1n) is 8.13. The SMILES string of the molecule is CC(C)(C)N1CC2(CCN(CC(=O)O)CC2)c2ccccc21. The monoisotopic (exact) mass is 302 g/mol. The summed E-state index contributed by atoms with van der Waals surface area (Å²) in [7, 11) is 0. The zero-order chi connectivity index (χ0) is 16.0. The second-order valence-electron chi connectivity index (χ2n) is 7.72. The predicted molar refractivity (Wildman–Crippen MR) is 88.5 cm³/mol. The summed E-state index contributed by atoms with van der Waals surface area (Å²) in [5.74, 6) is -0.723. The van der Waals surface area contributed by atoms with Gasteiger partial charge >= 0.3 is 5.97 Å². The number of hydrogen-bond donors (Lipinski definition) is 1. The van der Waals surface area contributed by atoms with Gasteiger partial charge in [-0.3, -0.25) is 9.69 Å². The van der Waals surface area contributed by atoms with Gasteiger partial charge in [0.2, 0.25) is 0 Å². The lowest BCUT2D eigenvalue weighted by Crippen LogP contribution is -2.49. The molecule has 22 heavy (non-hydrogen) atoms. The van der Waals surface area contributed by atoms with Crippen molar-refractivity contribution in [2.45, 2.75) is 44.6 Å². The Kier molecular flexibility index (Phi) is 3.68. The molecule has 4 nitrogen and oxygen atoms in total. The van der Waals surface area contributed by atoms with Crippen molar-refractivity contribution in [3.63, 3.8) is 0 Å². The molecule has 2 heterocycles. The first kappa shape index (κ1) is 15.3. The fourth-order valence-electron chi connectivity index (χ4n) is 3.99. The Balaban J connectivity index is 1.86. The molecule has 0 amide bonds. The van der Waals surface area contributed by atoms with Gasteiger partial charge in [0.15, 0.2) is 0 Å². The second-order valence-corrected chi connectivity index (χ2v) is 7.72. The maximum absolute atomic E-state index is 10.9. The van der Waals surface area contributed by atoms with Crippen LogP contribution in [0.25, 0.3) is 0 Å². The van der Waals surface area contributed by atoms with Gasteiger partial charge in [-0.25, -0.2) is 0 Å². The minimum Gasteiger partial charge on any atom is -0.480 e. The van der Waals surface area contributed by atoms with E-state index in [4.69, 9.17) is 5.11 Å². The number of aliphatic carboxylic acids is 1. The number of benzene rings is 1. The van der Waals surface area contributed by atoms with Gasteiger partial charge in [-0.2, -0.15) is 0 Å². The maximum Gasteiger partial charge on any atom is 0.317 e. The van der Waals surface area contributed by atoms with Gasteiger partial charge in [-0.1, -0.05) is 18.2 Å². The van der Waals surface area contributed by atoms with Gasteiger partial charge in [0.05, 0.1) is 6.54 Å². The molecule has 0 aromatic heterocycles. The molecule has 4 heteroatoms. The molecular formula is C18H26N2O2. The summed E-state index contributed by atoms with van der Waals surface area (Å²) >= 11 is 0. The lowest BCUT2D eigenvalue weighted by molar-refractivity contribution is -0.138. The molecule has 1 saturated heterocycles. The van der Waals surface area contributed by atoms with Gasteiger partial charge in [-0.15, -0.1) is 0 Å². The molecule has 2 aliphatic rings. The van der Waals surface area contributed by atoms with Crippen LogP contribution in [0.3, 0.4) is 0 Å². The van der Waals surface area contributed by atoms with Crippen LogP contribution < -0.4 is 4.90 Å². The van der Waals surface area contributed by atoms with E-state index in [-0.39, 0.29) is 17.5 Å². The summed E-state index contributed by atoms with van der Waals surface area (Å²) in [6.45, 7) is 9.77. The second kappa shape index (κ2) is 5.27. The van der Waals surface area contributed by atoms with E-state index in [1.807, 2.05) is 0 Å². The largest absolute Gasteiger partial charge is 0.480 e. The molecule has 0 aliphatic carbocycles. The molecule has 2 aliphatic heterocycles. The molecule has 1 fully saturated rings. The molecule has 1 aromatic carbocycles. The van der Waals surface area contributed by atoms with Crippen LogP contribution in [0.1, 0.15) is 39.2 Å². The number of likely N-dealkylation sites (tertiary alicyclic amines) is 1. The Labute approximate surface area is 132 Å². The highest BCUT2D eigenvalue weighted by Gasteiger charge is 2.46. The summed E-state index contributed by atoms with van der Waals surface area (Å²) in [6, 6.07) is 8.76. The number of para-hydroxylation sites is 1. The van der Waals surface area contributed by atoms with E-state index < -0.39 is 5.97 Å². The third kappa shape index (κ3) is 2.60. The van der Waals surface area contributed by atoms with E-state index in [9.17, 15) is 4.79 Å². The van der Waals surface area contributed by atoms with Crippen LogP contribution in [0.4, 0.5) is 5.69 Å². The number of carboxylic acids is 1. The van der Waals surface area contributed by atoms with Gasteiger partial charge in [-0.05, 0) is 58.3 Å². The number of anilines is 1. The average molecular weight is 302 g/mol. The van der Waals surface area contributed by atoms with Crippen molar-refractivity contribution in [2.24, 2.45) is 0 Å². The smallest absolute Gasteiger partial charge is 0.317 e. The Morgan fingerprint density at radius 1 is 1.23 bits per heavy atom. The Morgan fingerprint density at radius 3 is 2.45 bits per heavy atom. The maximum atomic E-state index is 10.9. The number of nitrogens with zero attached hydrogens (tertiary/aromatic N) is 2. The minimum atomic E-state index is -0.723. The number of hydrogen-bond acceptors (Lipinski definition) is 3. The van der Waals surface area contributed by atoms with Crippen molar-refractivity contribution >= 4 is 11.7 Å². The topological polar surface area (TPSA) is 43.8 Å². The number of rotatable bonds is 2. The standard InChI is InChI=1S/C18H26N2O2/c1-17(2,3)20-13-18(14-6-4-5-7-15(14)20)8-10-19(11-9-18)12-16(21)22/h4-7H,8-13H2,1-3H3,(H,21,22). The predicted octanol–water partition coefficient (Wildman–Crippen LogP) is 2.72. The molecule has 0 unspecified atom stereocenters. The quantitative estimate of drug-likeness (QED) is 0.912. The summed E-state index contributed by atoms with van der Waals surface area (Å²) in [5.41, 5.74) is 3.12. The highest BCUT2D eigenvalue weighted by atomic mass is 16.4. The highest BCUT2D eigenvalue weighted by molar-refractivity contribution is 5.69. The zero-order valence-electron chi connectivity index (χ0n) is 13.8. The number of fused-ring (bicyclic) bond motifs is 2. The molecule has 0 atom stereocenters. The molecule has 1 spiro atoms. The fourth-order valence-corrected chi connectivity index (χ4v) is 3.99. The summed E-state index contributed by atoms with van der Waals surface area (Å²) < 4.78 is 0. The Hall–Kier alpha value is -1.55. The first-order chi connectivity index (χ1) is 10.3. The third-order valence-corrected chi connectivity index (χ3v) is 5.21. The van der Waals surface area contributed by atoms with E-state index in [1.54, 1.807) is 0 Å². The number of piperidine rings is 1. The number of carboxylic acid groups (broad SMARTS) is 1. The molecule has 1 aromatic rings. The summed E-state index contributed by atoms with van der Waals surface area (Å²) in [6.07, 6.45) is 2.09. The minimum absolute atomic E-state index is 0.109. The molecule has 0 bridgehead atoms. The van der Waals surface area contributed by atoms with Crippen molar-refractivity contribution < 1.29 is 9.90 Å². The van der Waals surface area contributed by atoms with Gasteiger partial charge in [0, 0.05) is 23.2 Å². The van der Waals surface area contributed by atoms with Gasteiger partial charge in [0.1, 0.15) is 0 Å². The first-order valence-corrected chi connectivity index (χ1v) is 8.13. The molecule has 0 saturated carbocycles. The van der Waals surface area contributed by atoms with Crippen LogP contribution in [0.2, 0.25) is 0 Å². The van der Waals surface area contributed by atoms with Crippen molar-refractivity contribution in [1.29, 1.82) is 0 Å². The van der Waals surface area contributed by atoms with E-state index in [1.165, 1.54) is 11.3 Å². The Morgan fingerprint density at radius 2 is 1.86 bits per heavy atom. The van der Waals surface area contributed by atoms with Crippen molar-refractivity contribution in [2.75, 3.05) is 31.1 Å². The zero-order valence-corrected chi connectivity index (χ0v) is 13.8. The number of carbonyl (C=O) groups is 1. The van der Waals surface area contributed by atoms with E-state index in [2.05, 4.69) is 54.8 Å². The van der Waals surface area contributed by atoms with Crippen LogP contribution in [0, 0.1) is 0 Å². The van der Waals surface area contributed by atoms with E-state index in [0.29, 0.717) is 0 Å². The highest BCUT2D eigenvalue weighted by Crippen LogP contribution is 2.48. The van der Waals surface area contributed by atoms with Crippen LogP contribution >= 0.6 is 0 Å². The van der Waals surface area contributed by atoms with Crippen molar-refractivity contribution in [3.05, 3.63) is 29.8 Å². The van der Waals surface area contributed by atoms with Crippen LogP contribution in [-0.4, -0.2) is 47.7 Å². The Bertz CT molecular complexity index is 569. The normalized spacial score (nSPS) is 21.1. The van der Waals surface area contributed by atoms with Crippen LogP contribution in [0.5, 0.6) is 0 Å².